The third-order valence-electron chi connectivity index (χ3n) is 2.21. The van der Waals surface area contributed by atoms with Gasteiger partial charge in [0.15, 0.2) is 5.78 Å². The summed E-state index contributed by atoms with van der Waals surface area (Å²) in [7, 11) is 2.23. The molecule has 0 amide bonds. The Morgan fingerprint density at radius 2 is 1.47 bits per heavy atom. The van der Waals surface area contributed by atoms with Gasteiger partial charge in [-0.2, -0.15) is 0 Å². The number of hydrogen-bond acceptors (Lipinski definition) is 5. The monoisotopic (exact) mass is 326 g/mol. The van der Waals surface area contributed by atoms with Gasteiger partial charge in [-0.25, -0.2) is 9.59 Å². The zero-order valence-electron chi connectivity index (χ0n) is 10.3. The number of rotatable bonds is 4. The Balaban J connectivity index is 3.08. The van der Waals surface area contributed by atoms with Crippen LogP contribution in [0.3, 0.4) is 0 Å². The lowest BCUT2D eigenvalue weighted by atomic mass is 10.1. The van der Waals surface area contributed by atoms with Crippen LogP contribution in [0.1, 0.15) is 10.4 Å². The van der Waals surface area contributed by atoms with Crippen molar-refractivity contribution in [2.45, 2.75) is 0 Å². The van der Waals surface area contributed by atoms with E-state index >= 15 is 0 Å². The summed E-state index contributed by atoms with van der Waals surface area (Å²) in [4.78, 5) is 34.7. The van der Waals surface area contributed by atoms with E-state index in [9.17, 15) is 14.4 Å². The largest absolute Gasteiger partial charge is 0.465 e. The molecule has 5 nitrogen and oxygen atoms in total. The van der Waals surface area contributed by atoms with E-state index in [-0.39, 0.29) is 0 Å². The first-order chi connectivity index (χ1) is 8.99. The van der Waals surface area contributed by atoms with E-state index in [1.807, 2.05) is 0 Å². The summed E-state index contributed by atoms with van der Waals surface area (Å²) in [5.41, 5.74) is -0.105. The van der Waals surface area contributed by atoms with Gasteiger partial charge in [-0.1, -0.05) is 15.9 Å². The van der Waals surface area contributed by atoms with E-state index < -0.39 is 23.3 Å². The third kappa shape index (κ3) is 4.03. The molecule has 0 spiro atoms. The maximum Gasteiger partial charge on any atom is 0.345 e. The summed E-state index contributed by atoms with van der Waals surface area (Å²) in [5.74, 6) is -2.33. The van der Waals surface area contributed by atoms with Gasteiger partial charge in [0.25, 0.3) is 0 Å². The van der Waals surface area contributed by atoms with Gasteiger partial charge in [-0.05, 0) is 24.3 Å². The summed E-state index contributed by atoms with van der Waals surface area (Å²) in [6, 6.07) is 6.48. The molecule has 0 fully saturated rings. The normalized spacial score (nSPS) is 9.42. The SMILES string of the molecule is COC(=O)C(=CC(=O)c1ccc(Br)cc1)C(=O)OC. The number of esters is 2. The molecule has 0 atom stereocenters. The van der Waals surface area contributed by atoms with E-state index in [1.54, 1.807) is 24.3 Å². The zero-order valence-corrected chi connectivity index (χ0v) is 11.9. The second-order valence-electron chi connectivity index (χ2n) is 3.41. The van der Waals surface area contributed by atoms with Gasteiger partial charge >= 0.3 is 11.9 Å². The Morgan fingerprint density at radius 3 is 1.89 bits per heavy atom. The highest BCUT2D eigenvalue weighted by Crippen LogP contribution is 2.12. The van der Waals surface area contributed by atoms with Crippen LogP contribution in [0.2, 0.25) is 0 Å². The minimum Gasteiger partial charge on any atom is -0.465 e. The predicted octanol–water partition coefficient (Wildman–Crippen LogP) is 1.90. The molecule has 0 bridgehead atoms. The molecule has 0 aliphatic rings. The first-order valence-electron chi connectivity index (χ1n) is 5.17. The minimum atomic E-state index is -0.919. The molecular formula is C13H11BrO5. The number of hydrogen-bond donors (Lipinski definition) is 0. The fourth-order valence-electron chi connectivity index (χ4n) is 1.25. The standard InChI is InChI=1S/C13H11BrO5/c1-18-12(16)10(13(17)19-2)7-11(15)8-3-5-9(14)6-4-8/h3-7H,1-2H3. The van der Waals surface area contributed by atoms with Crippen LogP contribution in [0, 0.1) is 0 Å². The topological polar surface area (TPSA) is 69.7 Å². The molecule has 0 aliphatic heterocycles. The van der Waals surface area contributed by atoms with Gasteiger partial charge < -0.3 is 9.47 Å². The molecule has 0 unspecified atom stereocenters. The van der Waals surface area contributed by atoms with Gasteiger partial charge in [0, 0.05) is 16.1 Å². The second kappa shape index (κ2) is 6.84. The molecule has 0 aliphatic carbocycles. The van der Waals surface area contributed by atoms with Gasteiger partial charge in [-0.3, -0.25) is 4.79 Å². The van der Waals surface area contributed by atoms with Crippen LogP contribution in [0.4, 0.5) is 0 Å². The van der Waals surface area contributed by atoms with Crippen LogP contribution < -0.4 is 0 Å². The Hall–Kier alpha value is -1.95. The lowest BCUT2D eigenvalue weighted by molar-refractivity contribution is -0.144. The van der Waals surface area contributed by atoms with Crippen molar-refractivity contribution < 1.29 is 23.9 Å². The van der Waals surface area contributed by atoms with Crippen molar-refractivity contribution in [3.63, 3.8) is 0 Å². The molecule has 0 saturated heterocycles. The first kappa shape index (κ1) is 15.1. The van der Waals surface area contributed by atoms with Gasteiger partial charge in [0.2, 0.25) is 0 Å². The summed E-state index contributed by atoms with van der Waals surface area (Å²) < 4.78 is 9.66. The Bertz CT molecular complexity index is 512. The number of allylic oxidation sites excluding steroid dienone is 1. The van der Waals surface area contributed by atoms with E-state index in [2.05, 4.69) is 25.4 Å². The Kier molecular flexibility index (Phi) is 5.44. The summed E-state index contributed by atoms with van der Waals surface area (Å²) in [6.07, 6.45) is 0.904. The number of carbonyl (C=O) groups is 3. The summed E-state index contributed by atoms with van der Waals surface area (Å²) >= 11 is 3.24. The van der Waals surface area contributed by atoms with Crippen LogP contribution in [-0.4, -0.2) is 31.9 Å². The van der Waals surface area contributed by atoms with Crippen molar-refractivity contribution in [2.24, 2.45) is 0 Å². The van der Waals surface area contributed by atoms with Crippen molar-refractivity contribution in [1.29, 1.82) is 0 Å². The fraction of sp³-hybridized carbons (Fsp3) is 0.154. The average Bonchev–Trinajstić information content (AvgIpc) is 2.43. The quantitative estimate of drug-likeness (QED) is 0.278. The summed E-state index contributed by atoms with van der Waals surface area (Å²) in [5, 5.41) is 0. The molecule has 0 saturated carbocycles. The molecule has 6 heteroatoms. The molecule has 0 radical (unpaired) electrons. The van der Waals surface area contributed by atoms with E-state index in [0.29, 0.717) is 5.56 Å². The van der Waals surface area contributed by atoms with Crippen molar-refractivity contribution in [3.05, 3.63) is 46.0 Å². The minimum absolute atomic E-state index is 0.341. The van der Waals surface area contributed by atoms with Crippen LogP contribution in [0.5, 0.6) is 0 Å². The van der Waals surface area contributed by atoms with E-state index in [1.165, 1.54) is 0 Å². The number of benzene rings is 1. The van der Waals surface area contributed by atoms with Gasteiger partial charge in [0.1, 0.15) is 5.57 Å². The number of ether oxygens (including phenoxy) is 2. The van der Waals surface area contributed by atoms with Gasteiger partial charge in [-0.15, -0.1) is 0 Å². The molecule has 19 heavy (non-hydrogen) atoms. The number of halogens is 1. The molecule has 1 aromatic carbocycles. The van der Waals surface area contributed by atoms with Crippen LogP contribution in [0.15, 0.2) is 40.4 Å². The van der Waals surface area contributed by atoms with Crippen molar-refractivity contribution >= 4 is 33.7 Å². The highest BCUT2D eigenvalue weighted by molar-refractivity contribution is 9.10. The van der Waals surface area contributed by atoms with Crippen LogP contribution in [-0.2, 0) is 19.1 Å². The van der Waals surface area contributed by atoms with Crippen LogP contribution in [0.25, 0.3) is 0 Å². The predicted molar refractivity (Wildman–Crippen MR) is 70.6 cm³/mol. The Morgan fingerprint density at radius 1 is 1.00 bits per heavy atom. The maximum atomic E-state index is 11.9. The second-order valence-corrected chi connectivity index (χ2v) is 4.33. The summed E-state index contributed by atoms with van der Waals surface area (Å²) in [6.45, 7) is 0. The molecule has 0 N–H and O–H groups in total. The average molecular weight is 327 g/mol. The lowest BCUT2D eigenvalue weighted by Crippen LogP contribution is -2.17. The molecule has 0 heterocycles. The molecule has 1 aromatic rings. The maximum absolute atomic E-state index is 11.9. The molecule has 1 rings (SSSR count). The molecule has 0 aromatic heterocycles. The first-order valence-corrected chi connectivity index (χ1v) is 5.97. The van der Waals surface area contributed by atoms with Crippen molar-refractivity contribution in [3.8, 4) is 0 Å². The third-order valence-corrected chi connectivity index (χ3v) is 2.74. The van der Waals surface area contributed by atoms with Crippen molar-refractivity contribution in [1.82, 2.24) is 0 Å². The zero-order chi connectivity index (χ0) is 14.4. The Labute approximate surface area is 118 Å². The highest BCUT2D eigenvalue weighted by Gasteiger charge is 2.21. The lowest BCUT2D eigenvalue weighted by Gasteiger charge is -2.03. The number of ketones is 1. The van der Waals surface area contributed by atoms with E-state index in [0.717, 1.165) is 24.8 Å². The smallest absolute Gasteiger partial charge is 0.345 e. The molecule has 100 valence electrons. The number of carbonyl (C=O) groups excluding carboxylic acids is 3. The van der Waals surface area contributed by atoms with E-state index in [4.69, 9.17) is 0 Å². The highest BCUT2D eigenvalue weighted by atomic mass is 79.9. The molecular weight excluding hydrogens is 316 g/mol. The fourth-order valence-corrected chi connectivity index (χ4v) is 1.51. The van der Waals surface area contributed by atoms with Gasteiger partial charge in [0.05, 0.1) is 14.2 Å². The van der Waals surface area contributed by atoms with Crippen molar-refractivity contribution in [2.75, 3.05) is 14.2 Å². The number of methoxy groups -OCH3 is 2. The van der Waals surface area contributed by atoms with Crippen LogP contribution >= 0.6 is 15.9 Å².